The van der Waals surface area contributed by atoms with Gasteiger partial charge in [0.25, 0.3) is 5.91 Å². The van der Waals surface area contributed by atoms with Crippen molar-refractivity contribution in [2.45, 2.75) is 27.0 Å². The number of amides is 1. The minimum absolute atomic E-state index is 0.122. The summed E-state index contributed by atoms with van der Waals surface area (Å²) in [5, 5.41) is 0. The average molecular weight is 423 g/mol. The number of hydrogen-bond donors (Lipinski definition) is 0. The molecule has 2 heterocycles. The number of benzene rings is 2. The van der Waals surface area contributed by atoms with Crippen LogP contribution in [0, 0.1) is 19.7 Å². The zero-order valence-corrected chi connectivity index (χ0v) is 17.9. The largest absolute Gasteiger partial charge is 0.485 e. The Morgan fingerprint density at radius 2 is 1.81 bits per heavy atom. The maximum Gasteiger partial charge on any atom is 0.289 e. The molecule has 0 radical (unpaired) electrons. The number of furan rings is 1. The fourth-order valence-corrected chi connectivity index (χ4v) is 3.71. The zero-order valence-electron chi connectivity index (χ0n) is 17.9. The molecule has 0 N–H and O–H groups in total. The van der Waals surface area contributed by atoms with E-state index in [1.165, 1.54) is 6.07 Å². The molecule has 3 aromatic rings. The molecule has 1 saturated heterocycles. The SMILES string of the molecule is Cc1ccc(C)c(OCc2ccc(C(=O)N3CCN(Cc4ccccc4F)CC3)o2)c1. The quantitative estimate of drug-likeness (QED) is 0.584. The number of carbonyl (C=O) groups is 1. The second kappa shape index (κ2) is 9.35. The van der Waals surface area contributed by atoms with Gasteiger partial charge in [0.2, 0.25) is 0 Å². The number of hydrogen-bond acceptors (Lipinski definition) is 4. The fourth-order valence-electron chi connectivity index (χ4n) is 3.71. The van der Waals surface area contributed by atoms with Crippen LogP contribution in [0.5, 0.6) is 5.75 Å². The van der Waals surface area contributed by atoms with Crippen LogP contribution in [0.3, 0.4) is 0 Å². The van der Waals surface area contributed by atoms with Crippen LogP contribution in [0.15, 0.2) is 59.0 Å². The highest BCUT2D eigenvalue weighted by Crippen LogP contribution is 2.21. The molecule has 1 aliphatic heterocycles. The Hall–Kier alpha value is -3.12. The van der Waals surface area contributed by atoms with Crippen molar-refractivity contribution in [2.24, 2.45) is 0 Å². The molecule has 1 fully saturated rings. The third-order valence-electron chi connectivity index (χ3n) is 5.60. The van der Waals surface area contributed by atoms with Crippen LogP contribution >= 0.6 is 0 Å². The Balaban J connectivity index is 1.30. The number of halogens is 1. The van der Waals surface area contributed by atoms with Crippen LogP contribution in [-0.2, 0) is 13.2 Å². The molecule has 0 bridgehead atoms. The van der Waals surface area contributed by atoms with Gasteiger partial charge in [0, 0.05) is 38.3 Å². The van der Waals surface area contributed by atoms with E-state index in [1.807, 2.05) is 38.1 Å². The highest BCUT2D eigenvalue weighted by molar-refractivity contribution is 5.91. The molecule has 2 aromatic carbocycles. The van der Waals surface area contributed by atoms with Gasteiger partial charge in [-0.25, -0.2) is 4.39 Å². The second-order valence-electron chi connectivity index (χ2n) is 7.98. The summed E-state index contributed by atoms with van der Waals surface area (Å²) in [6.07, 6.45) is 0. The fraction of sp³-hybridized carbons (Fsp3) is 0.320. The van der Waals surface area contributed by atoms with E-state index in [0.717, 1.165) is 16.9 Å². The molecule has 162 valence electrons. The molecular weight excluding hydrogens is 395 g/mol. The van der Waals surface area contributed by atoms with E-state index in [2.05, 4.69) is 4.90 Å². The van der Waals surface area contributed by atoms with Crippen LogP contribution in [0.4, 0.5) is 4.39 Å². The minimum atomic E-state index is -0.188. The van der Waals surface area contributed by atoms with Crippen LogP contribution < -0.4 is 4.74 Å². The first-order chi connectivity index (χ1) is 15.0. The number of piperazine rings is 1. The Kier molecular flexibility index (Phi) is 6.37. The van der Waals surface area contributed by atoms with E-state index in [0.29, 0.717) is 49.8 Å². The molecule has 0 atom stereocenters. The summed E-state index contributed by atoms with van der Waals surface area (Å²) in [5.41, 5.74) is 2.87. The lowest BCUT2D eigenvalue weighted by Gasteiger charge is -2.34. The number of aryl methyl sites for hydroxylation is 2. The van der Waals surface area contributed by atoms with Gasteiger partial charge in [-0.15, -0.1) is 0 Å². The van der Waals surface area contributed by atoms with Gasteiger partial charge in [-0.2, -0.15) is 0 Å². The van der Waals surface area contributed by atoms with Crippen LogP contribution in [-0.4, -0.2) is 41.9 Å². The van der Waals surface area contributed by atoms with Gasteiger partial charge in [-0.3, -0.25) is 9.69 Å². The second-order valence-corrected chi connectivity index (χ2v) is 7.98. The summed E-state index contributed by atoms with van der Waals surface area (Å²) >= 11 is 0. The van der Waals surface area contributed by atoms with E-state index in [9.17, 15) is 9.18 Å². The van der Waals surface area contributed by atoms with Gasteiger partial charge in [-0.1, -0.05) is 30.3 Å². The molecule has 0 unspecified atom stereocenters. The van der Waals surface area contributed by atoms with E-state index < -0.39 is 0 Å². The zero-order chi connectivity index (χ0) is 21.8. The maximum atomic E-state index is 13.9. The third kappa shape index (κ3) is 5.14. The number of rotatable bonds is 6. The van der Waals surface area contributed by atoms with Gasteiger partial charge >= 0.3 is 0 Å². The number of nitrogens with zero attached hydrogens (tertiary/aromatic N) is 2. The lowest BCUT2D eigenvalue weighted by atomic mass is 10.1. The molecule has 1 amide bonds. The van der Waals surface area contributed by atoms with Gasteiger partial charge < -0.3 is 14.1 Å². The van der Waals surface area contributed by atoms with E-state index in [4.69, 9.17) is 9.15 Å². The van der Waals surface area contributed by atoms with Crippen molar-refractivity contribution in [1.29, 1.82) is 0 Å². The summed E-state index contributed by atoms with van der Waals surface area (Å²) in [5.74, 6) is 1.44. The molecule has 6 heteroatoms. The molecule has 31 heavy (non-hydrogen) atoms. The number of ether oxygens (including phenoxy) is 1. The van der Waals surface area contributed by atoms with Gasteiger partial charge in [0.05, 0.1) is 0 Å². The van der Waals surface area contributed by atoms with E-state index in [-0.39, 0.29) is 18.3 Å². The molecular formula is C25H27FN2O3. The maximum absolute atomic E-state index is 13.9. The Morgan fingerprint density at radius 3 is 2.58 bits per heavy atom. The summed E-state index contributed by atoms with van der Waals surface area (Å²) < 4.78 is 25.5. The first-order valence-electron chi connectivity index (χ1n) is 10.5. The van der Waals surface area contributed by atoms with Crippen LogP contribution in [0.2, 0.25) is 0 Å². The standard InChI is InChI=1S/C25H27FN2O3/c1-18-7-8-19(2)24(15-18)30-17-21-9-10-23(31-21)25(29)28-13-11-27(12-14-28)16-20-5-3-4-6-22(20)26/h3-10,15H,11-14,16-17H2,1-2H3. The highest BCUT2D eigenvalue weighted by Gasteiger charge is 2.24. The molecule has 1 aromatic heterocycles. The molecule has 0 spiro atoms. The molecule has 4 rings (SSSR count). The molecule has 1 aliphatic rings. The van der Waals surface area contributed by atoms with Gasteiger partial charge in [-0.05, 0) is 49.2 Å². The third-order valence-corrected chi connectivity index (χ3v) is 5.60. The highest BCUT2D eigenvalue weighted by atomic mass is 19.1. The predicted molar refractivity (Wildman–Crippen MR) is 117 cm³/mol. The Labute approximate surface area is 182 Å². The molecule has 0 aliphatic carbocycles. The summed E-state index contributed by atoms with van der Waals surface area (Å²) in [6, 6.07) is 16.4. The Bertz CT molecular complexity index is 1050. The van der Waals surface area contributed by atoms with Crippen molar-refractivity contribution in [3.8, 4) is 5.75 Å². The predicted octanol–water partition coefficient (Wildman–Crippen LogP) is 4.57. The normalized spacial score (nSPS) is 14.6. The van der Waals surface area contributed by atoms with Crippen LogP contribution in [0.1, 0.15) is 33.0 Å². The summed E-state index contributed by atoms with van der Waals surface area (Å²) in [6.45, 7) is 7.41. The van der Waals surface area contributed by atoms with Crippen molar-refractivity contribution in [3.05, 3.63) is 88.6 Å². The van der Waals surface area contributed by atoms with E-state index >= 15 is 0 Å². The van der Waals surface area contributed by atoms with Crippen molar-refractivity contribution in [2.75, 3.05) is 26.2 Å². The van der Waals surface area contributed by atoms with Crippen LogP contribution in [0.25, 0.3) is 0 Å². The molecule has 0 saturated carbocycles. The summed E-state index contributed by atoms with van der Waals surface area (Å²) in [7, 11) is 0. The van der Waals surface area contributed by atoms with Gasteiger partial charge in [0.1, 0.15) is 23.9 Å². The minimum Gasteiger partial charge on any atom is -0.485 e. The average Bonchev–Trinajstić information content (AvgIpc) is 3.25. The van der Waals surface area contributed by atoms with Gasteiger partial charge in [0.15, 0.2) is 5.76 Å². The van der Waals surface area contributed by atoms with Crippen molar-refractivity contribution >= 4 is 5.91 Å². The first-order valence-corrected chi connectivity index (χ1v) is 10.5. The Morgan fingerprint density at radius 1 is 1.03 bits per heavy atom. The topological polar surface area (TPSA) is 45.9 Å². The van der Waals surface area contributed by atoms with Crippen molar-refractivity contribution < 1.29 is 18.3 Å². The first kappa shape index (κ1) is 21.1. The molecule has 5 nitrogen and oxygen atoms in total. The van der Waals surface area contributed by atoms with Crippen molar-refractivity contribution in [3.63, 3.8) is 0 Å². The smallest absolute Gasteiger partial charge is 0.289 e. The lowest BCUT2D eigenvalue weighted by molar-refractivity contribution is 0.0592. The number of carbonyl (C=O) groups excluding carboxylic acids is 1. The van der Waals surface area contributed by atoms with E-state index in [1.54, 1.807) is 29.2 Å². The lowest BCUT2D eigenvalue weighted by Crippen LogP contribution is -2.48. The summed E-state index contributed by atoms with van der Waals surface area (Å²) in [4.78, 5) is 16.8. The van der Waals surface area contributed by atoms with Crippen molar-refractivity contribution in [1.82, 2.24) is 9.80 Å². The monoisotopic (exact) mass is 422 g/mol.